The van der Waals surface area contributed by atoms with Crippen LogP contribution in [-0.2, 0) is 6.42 Å². The number of methoxy groups -OCH3 is 1. The maximum Gasteiger partial charge on any atom is 0.346 e. The Morgan fingerprint density at radius 2 is 1.93 bits per heavy atom. The van der Waals surface area contributed by atoms with Crippen LogP contribution in [0.1, 0.15) is 22.5 Å². The van der Waals surface area contributed by atoms with Crippen LogP contribution < -0.4 is 15.3 Å². The van der Waals surface area contributed by atoms with E-state index in [-0.39, 0.29) is 11.6 Å². The maximum atomic E-state index is 13.1. The van der Waals surface area contributed by atoms with Gasteiger partial charge in [-0.2, -0.15) is 4.98 Å². The Labute approximate surface area is 156 Å². The van der Waals surface area contributed by atoms with Crippen molar-refractivity contribution in [3.8, 4) is 17.0 Å². The fraction of sp³-hybridized carbons (Fsp3) is 0.190. The standard InChI is InChI=1S/C21H19N3O3/c1-27-16-10-8-14(9-11-16)17-13-18(23-21(26)22-17)20(25)24-12-4-6-15-5-2-3-7-19(15)24/h2-3,5,7-11,13H,4,6,12H2,1H3,(H,22,23,26). The number of aromatic nitrogens is 2. The second-order valence-corrected chi connectivity index (χ2v) is 6.40. The molecule has 0 bridgehead atoms. The highest BCUT2D eigenvalue weighted by Crippen LogP contribution is 2.28. The second-order valence-electron chi connectivity index (χ2n) is 6.40. The third-order valence-corrected chi connectivity index (χ3v) is 4.72. The molecule has 0 saturated carbocycles. The minimum Gasteiger partial charge on any atom is -0.497 e. The summed E-state index contributed by atoms with van der Waals surface area (Å²) in [6, 6.07) is 16.7. The quantitative estimate of drug-likeness (QED) is 0.778. The van der Waals surface area contributed by atoms with Crippen LogP contribution in [-0.4, -0.2) is 29.5 Å². The molecule has 0 atom stereocenters. The van der Waals surface area contributed by atoms with Gasteiger partial charge in [-0.3, -0.25) is 4.79 Å². The van der Waals surface area contributed by atoms with E-state index in [4.69, 9.17) is 4.74 Å². The molecule has 1 N–H and O–H groups in total. The normalized spacial score (nSPS) is 13.1. The zero-order chi connectivity index (χ0) is 18.8. The molecular formula is C21H19N3O3. The molecule has 4 rings (SSSR count). The molecule has 1 amide bonds. The Hall–Kier alpha value is -3.41. The van der Waals surface area contributed by atoms with Crippen LogP contribution in [0, 0.1) is 0 Å². The summed E-state index contributed by atoms with van der Waals surface area (Å²) in [5.74, 6) is 0.487. The summed E-state index contributed by atoms with van der Waals surface area (Å²) in [5, 5.41) is 0. The Balaban J connectivity index is 1.71. The zero-order valence-electron chi connectivity index (χ0n) is 14.9. The predicted molar refractivity (Wildman–Crippen MR) is 103 cm³/mol. The fourth-order valence-electron chi connectivity index (χ4n) is 3.37. The molecule has 0 fully saturated rings. The molecule has 2 aromatic carbocycles. The number of fused-ring (bicyclic) bond motifs is 1. The van der Waals surface area contributed by atoms with E-state index >= 15 is 0 Å². The molecule has 0 radical (unpaired) electrons. The molecular weight excluding hydrogens is 342 g/mol. The number of carbonyl (C=O) groups is 1. The zero-order valence-corrected chi connectivity index (χ0v) is 14.9. The number of carbonyl (C=O) groups excluding carboxylic acids is 1. The molecule has 1 aliphatic heterocycles. The Kier molecular flexibility index (Phi) is 4.46. The van der Waals surface area contributed by atoms with E-state index in [0.717, 1.165) is 29.7 Å². The molecule has 27 heavy (non-hydrogen) atoms. The number of hydrogen-bond donors (Lipinski definition) is 1. The summed E-state index contributed by atoms with van der Waals surface area (Å²) in [6.45, 7) is 0.623. The highest BCUT2D eigenvalue weighted by atomic mass is 16.5. The number of amides is 1. The first-order valence-electron chi connectivity index (χ1n) is 8.81. The Bertz CT molecular complexity index is 1040. The first kappa shape index (κ1) is 17.0. The van der Waals surface area contributed by atoms with E-state index in [1.165, 1.54) is 0 Å². The van der Waals surface area contributed by atoms with Gasteiger partial charge >= 0.3 is 5.69 Å². The first-order chi connectivity index (χ1) is 13.2. The molecule has 2 heterocycles. The third kappa shape index (κ3) is 3.33. The van der Waals surface area contributed by atoms with Gasteiger partial charge in [0, 0.05) is 17.8 Å². The minimum atomic E-state index is -0.544. The number of benzene rings is 2. The van der Waals surface area contributed by atoms with Crippen LogP contribution in [0.5, 0.6) is 5.75 Å². The van der Waals surface area contributed by atoms with Crippen molar-refractivity contribution in [3.63, 3.8) is 0 Å². The third-order valence-electron chi connectivity index (χ3n) is 4.72. The number of hydrogen-bond acceptors (Lipinski definition) is 4. The topological polar surface area (TPSA) is 75.3 Å². The average Bonchev–Trinajstić information content (AvgIpc) is 2.72. The van der Waals surface area contributed by atoms with Gasteiger partial charge in [-0.15, -0.1) is 0 Å². The van der Waals surface area contributed by atoms with Gasteiger partial charge < -0.3 is 14.6 Å². The molecule has 0 spiro atoms. The number of aromatic amines is 1. The van der Waals surface area contributed by atoms with Gasteiger partial charge in [-0.1, -0.05) is 18.2 Å². The van der Waals surface area contributed by atoms with Crippen molar-refractivity contribution in [2.24, 2.45) is 0 Å². The summed E-state index contributed by atoms with van der Waals surface area (Å²) in [4.78, 5) is 33.5. The molecule has 6 heteroatoms. The number of nitrogens with one attached hydrogen (secondary N) is 1. The second kappa shape index (κ2) is 7.07. The van der Waals surface area contributed by atoms with E-state index < -0.39 is 5.69 Å². The molecule has 1 aliphatic rings. The SMILES string of the molecule is COc1ccc(-c2cc(C(=O)N3CCCc4ccccc43)[nH]c(=O)n2)cc1. The van der Waals surface area contributed by atoms with E-state index in [1.807, 2.05) is 36.4 Å². The summed E-state index contributed by atoms with van der Waals surface area (Å²) in [7, 11) is 1.59. The Morgan fingerprint density at radius 1 is 1.15 bits per heavy atom. The monoisotopic (exact) mass is 361 g/mol. The number of aryl methyl sites for hydroxylation is 1. The lowest BCUT2D eigenvalue weighted by atomic mass is 10.0. The summed E-state index contributed by atoms with van der Waals surface area (Å²) >= 11 is 0. The largest absolute Gasteiger partial charge is 0.497 e. The van der Waals surface area contributed by atoms with Crippen LogP contribution >= 0.6 is 0 Å². The van der Waals surface area contributed by atoms with Crippen molar-refractivity contribution in [2.45, 2.75) is 12.8 Å². The van der Waals surface area contributed by atoms with Crippen LogP contribution in [0.25, 0.3) is 11.3 Å². The number of nitrogens with zero attached hydrogens (tertiary/aromatic N) is 2. The van der Waals surface area contributed by atoms with Crippen molar-refractivity contribution >= 4 is 11.6 Å². The van der Waals surface area contributed by atoms with Crippen molar-refractivity contribution < 1.29 is 9.53 Å². The molecule has 0 aliphatic carbocycles. The maximum absolute atomic E-state index is 13.1. The van der Waals surface area contributed by atoms with Crippen molar-refractivity contribution in [2.75, 3.05) is 18.6 Å². The minimum absolute atomic E-state index is 0.226. The van der Waals surface area contributed by atoms with Crippen molar-refractivity contribution in [3.05, 3.63) is 76.3 Å². The highest BCUT2D eigenvalue weighted by Gasteiger charge is 2.24. The summed E-state index contributed by atoms with van der Waals surface area (Å²) in [6.07, 6.45) is 1.84. The van der Waals surface area contributed by atoms with Gasteiger partial charge in [-0.25, -0.2) is 4.79 Å². The number of anilines is 1. The molecule has 0 unspecified atom stereocenters. The van der Waals surface area contributed by atoms with E-state index in [1.54, 1.807) is 30.2 Å². The number of ether oxygens (including phenoxy) is 1. The number of rotatable bonds is 3. The lowest BCUT2D eigenvalue weighted by molar-refractivity contribution is 0.0980. The smallest absolute Gasteiger partial charge is 0.346 e. The molecule has 3 aromatic rings. The predicted octanol–water partition coefficient (Wildman–Crippen LogP) is 3.04. The Morgan fingerprint density at radius 3 is 2.70 bits per heavy atom. The highest BCUT2D eigenvalue weighted by molar-refractivity contribution is 6.05. The lowest BCUT2D eigenvalue weighted by Crippen LogP contribution is -2.37. The van der Waals surface area contributed by atoms with Gasteiger partial charge in [0.15, 0.2) is 0 Å². The average molecular weight is 361 g/mol. The van der Waals surface area contributed by atoms with Gasteiger partial charge in [-0.05, 0) is 54.8 Å². The van der Waals surface area contributed by atoms with Crippen LogP contribution in [0.3, 0.4) is 0 Å². The fourth-order valence-corrected chi connectivity index (χ4v) is 3.37. The first-order valence-corrected chi connectivity index (χ1v) is 8.81. The number of H-pyrrole nitrogens is 1. The van der Waals surface area contributed by atoms with Crippen molar-refractivity contribution in [1.29, 1.82) is 0 Å². The van der Waals surface area contributed by atoms with Gasteiger partial charge in [0.1, 0.15) is 11.4 Å². The van der Waals surface area contributed by atoms with Crippen LogP contribution in [0.2, 0.25) is 0 Å². The van der Waals surface area contributed by atoms with Crippen LogP contribution in [0.4, 0.5) is 5.69 Å². The summed E-state index contributed by atoms with van der Waals surface area (Å²) in [5.41, 5.74) is 2.93. The molecule has 1 aromatic heterocycles. The van der Waals surface area contributed by atoms with E-state index in [2.05, 4.69) is 9.97 Å². The van der Waals surface area contributed by atoms with Crippen molar-refractivity contribution in [1.82, 2.24) is 9.97 Å². The molecule has 136 valence electrons. The molecule has 0 saturated heterocycles. The summed E-state index contributed by atoms with van der Waals surface area (Å²) < 4.78 is 5.15. The lowest BCUT2D eigenvalue weighted by Gasteiger charge is -2.29. The van der Waals surface area contributed by atoms with E-state index in [0.29, 0.717) is 18.0 Å². The molecule has 6 nitrogen and oxygen atoms in total. The van der Waals surface area contributed by atoms with Crippen LogP contribution in [0.15, 0.2) is 59.4 Å². The van der Waals surface area contributed by atoms with Gasteiger partial charge in [0.2, 0.25) is 0 Å². The number of para-hydroxylation sites is 1. The van der Waals surface area contributed by atoms with E-state index in [9.17, 15) is 9.59 Å². The van der Waals surface area contributed by atoms with Gasteiger partial charge in [0.05, 0.1) is 12.8 Å². The van der Waals surface area contributed by atoms with Gasteiger partial charge in [0.25, 0.3) is 5.91 Å².